The van der Waals surface area contributed by atoms with Crippen LogP contribution in [-0.4, -0.2) is 15.2 Å². The Bertz CT molecular complexity index is 355. The van der Waals surface area contributed by atoms with E-state index < -0.39 is 0 Å². The summed E-state index contributed by atoms with van der Waals surface area (Å²) in [6.45, 7) is -0.104. The Kier molecular flexibility index (Phi) is 1.89. The number of aliphatic hydroxyl groups excluding tert-OH is 1. The lowest BCUT2D eigenvalue weighted by atomic mass is 10.3. The van der Waals surface area contributed by atoms with Gasteiger partial charge in [-0.1, -0.05) is 5.16 Å². The fourth-order valence-electron chi connectivity index (χ4n) is 0.841. The van der Waals surface area contributed by atoms with Crippen molar-refractivity contribution in [3.8, 4) is 11.5 Å². The lowest BCUT2D eigenvalue weighted by Gasteiger charge is -1.81. The molecule has 5 heteroatoms. The molecule has 4 nitrogen and oxygen atoms in total. The van der Waals surface area contributed by atoms with Crippen LogP contribution in [0.3, 0.4) is 0 Å². The first-order valence-corrected chi connectivity index (χ1v) is 4.29. The Morgan fingerprint density at radius 2 is 2.50 bits per heavy atom. The Morgan fingerprint density at radius 3 is 3.08 bits per heavy atom. The minimum atomic E-state index is -0.104. The monoisotopic (exact) mass is 182 g/mol. The lowest BCUT2D eigenvalue weighted by molar-refractivity contribution is 0.267. The largest absolute Gasteiger partial charge is 0.390 e. The van der Waals surface area contributed by atoms with Crippen LogP contribution in [0.2, 0.25) is 0 Å². The highest BCUT2D eigenvalue weighted by Crippen LogP contribution is 2.19. The average Bonchev–Trinajstić information content (AvgIpc) is 2.75. The van der Waals surface area contributed by atoms with Crippen LogP contribution in [0.1, 0.15) is 5.69 Å². The van der Waals surface area contributed by atoms with E-state index in [2.05, 4.69) is 10.1 Å². The van der Waals surface area contributed by atoms with Crippen molar-refractivity contribution < 1.29 is 9.63 Å². The van der Waals surface area contributed by atoms with Crippen molar-refractivity contribution in [3.63, 3.8) is 0 Å². The molecule has 0 saturated carbocycles. The molecule has 0 atom stereocenters. The number of aromatic nitrogens is 2. The van der Waals surface area contributed by atoms with Crippen LogP contribution in [0.15, 0.2) is 21.5 Å². The first kappa shape index (κ1) is 7.45. The summed E-state index contributed by atoms with van der Waals surface area (Å²) in [5.41, 5.74) is 3.00. The summed E-state index contributed by atoms with van der Waals surface area (Å²) >= 11 is 1.49. The molecular formula is C7H6N2O2S. The number of aliphatic hydroxyl groups is 1. The zero-order valence-electron chi connectivity index (χ0n) is 6.10. The Morgan fingerprint density at radius 1 is 1.58 bits per heavy atom. The van der Waals surface area contributed by atoms with Gasteiger partial charge in [0.05, 0.1) is 12.1 Å². The fraction of sp³-hybridized carbons (Fsp3) is 0.143. The normalized spacial score (nSPS) is 10.4. The molecule has 0 saturated heterocycles. The molecule has 0 aliphatic heterocycles. The van der Waals surface area contributed by atoms with Crippen LogP contribution >= 0.6 is 11.3 Å². The van der Waals surface area contributed by atoms with E-state index in [1.165, 1.54) is 11.3 Å². The van der Waals surface area contributed by atoms with Gasteiger partial charge in [-0.2, -0.15) is 0 Å². The summed E-state index contributed by atoms with van der Waals surface area (Å²) in [5.74, 6) is 0.598. The van der Waals surface area contributed by atoms with Gasteiger partial charge in [0, 0.05) is 11.4 Å². The van der Waals surface area contributed by atoms with Gasteiger partial charge >= 0.3 is 0 Å². The maximum Gasteiger partial charge on any atom is 0.186 e. The topological polar surface area (TPSA) is 59.2 Å². The first-order chi connectivity index (χ1) is 5.90. The van der Waals surface area contributed by atoms with Crippen molar-refractivity contribution in [1.82, 2.24) is 10.1 Å². The molecule has 0 aromatic carbocycles. The van der Waals surface area contributed by atoms with Crippen molar-refractivity contribution >= 4 is 11.3 Å². The molecule has 0 aliphatic carbocycles. The average molecular weight is 182 g/mol. The van der Waals surface area contributed by atoms with Gasteiger partial charge in [0.15, 0.2) is 5.76 Å². The van der Waals surface area contributed by atoms with E-state index in [9.17, 15) is 0 Å². The first-order valence-electron chi connectivity index (χ1n) is 3.35. The predicted octanol–water partition coefficient (Wildman–Crippen LogP) is 1.29. The van der Waals surface area contributed by atoms with E-state index in [4.69, 9.17) is 9.63 Å². The molecule has 62 valence electrons. The summed E-state index contributed by atoms with van der Waals surface area (Å²) < 4.78 is 4.93. The van der Waals surface area contributed by atoms with Crippen molar-refractivity contribution in [1.29, 1.82) is 0 Å². The smallest absolute Gasteiger partial charge is 0.186 e. The van der Waals surface area contributed by atoms with Gasteiger partial charge in [-0.15, -0.1) is 11.3 Å². The molecule has 2 rings (SSSR count). The van der Waals surface area contributed by atoms with Gasteiger partial charge < -0.3 is 9.63 Å². The van der Waals surface area contributed by atoms with Gasteiger partial charge in [0.1, 0.15) is 11.4 Å². The molecule has 0 spiro atoms. The number of thiazole rings is 1. The zero-order chi connectivity index (χ0) is 8.39. The van der Waals surface area contributed by atoms with Gasteiger partial charge in [0.25, 0.3) is 0 Å². The van der Waals surface area contributed by atoms with Crippen molar-refractivity contribution in [3.05, 3.63) is 22.7 Å². The predicted molar refractivity (Wildman–Crippen MR) is 43.5 cm³/mol. The third kappa shape index (κ3) is 1.24. The van der Waals surface area contributed by atoms with Gasteiger partial charge in [-0.25, -0.2) is 4.98 Å². The summed E-state index contributed by atoms with van der Waals surface area (Å²) in [7, 11) is 0. The summed E-state index contributed by atoms with van der Waals surface area (Å²) in [6.07, 6.45) is 0. The number of nitrogens with zero attached hydrogens (tertiary/aromatic N) is 2. The summed E-state index contributed by atoms with van der Waals surface area (Å²) in [5, 5.41) is 14.2. The van der Waals surface area contributed by atoms with Crippen LogP contribution in [-0.2, 0) is 6.61 Å². The Balaban J connectivity index is 2.35. The van der Waals surface area contributed by atoms with Crippen LogP contribution in [0.4, 0.5) is 0 Å². The van der Waals surface area contributed by atoms with E-state index in [1.54, 1.807) is 11.6 Å². The molecule has 0 fully saturated rings. The minimum Gasteiger partial charge on any atom is -0.390 e. The van der Waals surface area contributed by atoms with E-state index in [-0.39, 0.29) is 6.61 Å². The molecule has 12 heavy (non-hydrogen) atoms. The maximum absolute atomic E-state index is 8.71. The van der Waals surface area contributed by atoms with Crippen LogP contribution in [0.5, 0.6) is 0 Å². The quantitative estimate of drug-likeness (QED) is 0.760. The molecule has 0 radical (unpaired) electrons. The molecule has 2 aromatic rings. The Hall–Kier alpha value is -1.20. The highest BCUT2D eigenvalue weighted by atomic mass is 32.1. The van der Waals surface area contributed by atoms with Crippen molar-refractivity contribution in [2.24, 2.45) is 0 Å². The molecular weight excluding hydrogens is 176 g/mol. The maximum atomic E-state index is 8.71. The van der Waals surface area contributed by atoms with Gasteiger partial charge in [-0.3, -0.25) is 0 Å². The second-order valence-electron chi connectivity index (χ2n) is 2.21. The number of hydrogen-bond donors (Lipinski definition) is 1. The van der Waals surface area contributed by atoms with E-state index in [1.807, 2.05) is 5.38 Å². The molecule has 0 amide bonds. The second-order valence-corrected chi connectivity index (χ2v) is 2.93. The molecule has 0 aliphatic rings. The van der Waals surface area contributed by atoms with E-state index in [0.717, 1.165) is 5.69 Å². The molecule has 2 aromatic heterocycles. The zero-order valence-corrected chi connectivity index (χ0v) is 6.91. The fourth-order valence-corrected chi connectivity index (χ4v) is 1.38. The van der Waals surface area contributed by atoms with Crippen LogP contribution in [0.25, 0.3) is 11.5 Å². The Labute approximate surface area is 72.5 Å². The number of hydrogen-bond acceptors (Lipinski definition) is 5. The molecule has 0 unspecified atom stereocenters. The molecule has 2 heterocycles. The van der Waals surface area contributed by atoms with E-state index >= 15 is 0 Å². The molecule has 1 N–H and O–H groups in total. The number of rotatable bonds is 2. The summed E-state index contributed by atoms with van der Waals surface area (Å²) in [6, 6.07) is 1.68. The van der Waals surface area contributed by atoms with Crippen molar-refractivity contribution in [2.45, 2.75) is 6.61 Å². The van der Waals surface area contributed by atoms with Crippen LogP contribution in [0, 0.1) is 0 Å². The van der Waals surface area contributed by atoms with Crippen LogP contribution < -0.4 is 0 Å². The highest BCUT2D eigenvalue weighted by molar-refractivity contribution is 7.07. The molecule has 0 bridgehead atoms. The SMILES string of the molecule is OCc1cc(-c2cscn2)on1. The lowest BCUT2D eigenvalue weighted by Crippen LogP contribution is -1.78. The minimum absolute atomic E-state index is 0.104. The van der Waals surface area contributed by atoms with Gasteiger partial charge in [-0.05, 0) is 0 Å². The van der Waals surface area contributed by atoms with Gasteiger partial charge in [0.2, 0.25) is 0 Å². The third-order valence-corrected chi connectivity index (χ3v) is 1.99. The van der Waals surface area contributed by atoms with E-state index in [0.29, 0.717) is 11.5 Å². The summed E-state index contributed by atoms with van der Waals surface area (Å²) in [4.78, 5) is 4.04. The third-order valence-electron chi connectivity index (χ3n) is 1.41. The standard InChI is InChI=1S/C7H6N2O2S/c10-2-5-1-7(11-9-5)6-3-12-4-8-6/h1,3-4,10H,2H2. The second kappa shape index (κ2) is 3.04. The highest BCUT2D eigenvalue weighted by Gasteiger charge is 2.06. The van der Waals surface area contributed by atoms with Crippen molar-refractivity contribution in [2.75, 3.05) is 0 Å².